The third-order valence-corrected chi connectivity index (χ3v) is 4.54. The van der Waals surface area contributed by atoms with Crippen LogP contribution in [0.3, 0.4) is 0 Å². The number of rotatable bonds is 4. The summed E-state index contributed by atoms with van der Waals surface area (Å²) in [6, 6.07) is 5.70. The van der Waals surface area contributed by atoms with Crippen LogP contribution in [-0.4, -0.2) is 36.0 Å². The van der Waals surface area contributed by atoms with Gasteiger partial charge in [0.15, 0.2) is 0 Å². The molecule has 1 fully saturated rings. The molecule has 0 bridgehead atoms. The molecular weight excluding hydrogens is 290 g/mol. The van der Waals surface area contributed by atoms with Crippen LogP contribution in [0, 0.1) is 19.8 Å². The number of ether oxygens (including phenoxy) is 1. The Morgan fingerprint density at radius 1 is 1.26 bits per heavy atom. The van der Waals surface area contributed by atoms with Gasteiger partial charge >= 0.3 is 5.97 Å². The summed E-state index contributed by atoms with van der Waals surface area (Å²) in [7, 11) is 0. The molecule has 2 unspecified atom stereocenters. The summed E-state index contributed by atoms with van der Waals surface area (Å²) < 4.78 is 5.15. The number of hydrogen-bond acceptors (Lipinski definition) is 3. The highest BCUT2D eigenvalue weighted by Gasteiger charge is 2.35. The van der Waals surface area contributed by atoms with Crippen LogP contribution in [-0.2, 0) is 20.7 Å². The fraction of sp³-hybridized carbons (Fsp3) is 0.579. The number of hydrogen-bond donors (Lipinski definition) is 0. The summed E-state index contributed by atoms with van der Waals surface area (Å²) in [6.45, 7) is 8.97. The normalized spacial score (nSPS) is 21.1. The first-order chi connectivity index (χ1) is 10.9. The van der Waals surface area contributed by atoms with E-state index in [4.69, 9.17) is 4.74 Å². The maximum Gasteiger partial charge on any atom is 0.328 e. The van der Waals surface area contributed by atoms with E-state index in [1.807, 2.05) is 26.0 Å². The van der Waals surface area contributed by atoms with Crippen molar-refractivity contribution in [1.82, 2.24) is 4.90 Å². The molecule has 1 aliphatic heterocycles. The maximum atomic E-state index is 12.8. The lowest BCUT2D eigenvalue weighted by Crippen LogP contribution is -2.51. The molecule has 0 aromatic heterocycles. The molecule has 0 N–H and O–H groups in total. The molecule has 2 atom stereocenters. The molecule has 4 heteroatoms. The number of likely N-dealkylation sites (tertiary alicyclic amines) is 1. The standard InChI is InChI=1S/C19H27NO3/c1-5-23-19(22)17-9-7-14(3)12-20(17)18(21)11-16-8-6-13(2)10-15(16)4/h6,8,10,14,17H,5,7,9,11-12H2,1-4H3. The summed E-state index contributed by atoms with van der Waals surface area (Å²) in [6.07, 6.45) is 1.99. The fourth-order valence-corrected chi connectivity index (χ4v) is 3.22. The first kappa shape index (κ1) is 17.5. The predicted molar refractivity (Wildman–Crippen MR) is 90.2 cm³/mol. The van der Waals surface area contributed by atoms with Crippen LogP contribution < -0.4 is 0 Å². The van der Waals surface area contributed by atoms with Gasteiger partial charge in [-0.3, -0.25) is 4.79 Å². The van der Waals surface area contributed by atoms with Gasteiger partial charge in [-0.15, -0.1) is 0 Å². The topological polar surface area (TPSA) is 46.6 Å². The average molecular weight is 317 g/mol. The lowest BCUT2D eigenvalue weighted by atomic mass is 9.93. The molecule has 2 rings (SSSR count). The zero-order chi connectivity index (χ0) is 17.0. The fourth-order valence-electron chi connectivity index (χ4n) is 3.22. The highest BCUT2D eigenvalue weighted by atomic mass is 16.5. The SMILES string of the molecule is CCOC(=O)C1CCC(C)CN1C(=O)Cc1ccc(C)cc1C. The van der Waals surface area contributed by atoms with Crippen molar-refractivity contribution in [2.45, 2.75) is 53.0 Å². The molecule has 1 aromatic rings. The summed E-state index contributed by atoms with van der Waals surface area (Å²) in [5.74, 6) is 0.165. The lowest BCUT2D eigenvalue weighted by Gasteiger charge is -2.37. The zero-order valence-electron chi connectivity index (χ0n) is 14.6. The van der Waals surface area contributed by atoms with Crippen molar-refractivity contribution < 1.29 is 14.3 Å². The zero-order valence-corrected chi connectivity index (χ0v) is 14.6. The molecule has 1 amide bonds. The van der Waals surface area contributed by atoms with Crippen LogP contribution in [0.1, 0.15) is 43.4 Å². The van der Waals surface area contributed by atoms with Gasteiger partial charge < -0.3 is 9.64 Å². The average Bonchev–Trinajstić information content (AvgIpc) is 2.50. The van der Waals surface area contributed by atoms with Crippen LogP contribution in [0.15, 0.2) is 18.2 Å². The Morgan fingerprint density at radius 2 is 2.00 bits per heavy atom. The molecule has 0 saturated carbocycles. The Balaban J connectivity index is 2.14. The summed E-state index contributed by atoms with van der Waals surface area (Å²) in [5.41, 5.74) is 3.34. The second kappa shape index (κ2) is 7.62. The summed E-state index contributed by atoms with van der Waals surface area (Å²) in [5, 5.41) is 0. The van der Waals surface area contributed by atoms with Crippen LogP contribution in [0.4, 0.5) is 0 Å². The minimum Gasteiger partial charge on any atom is -0.464 e. The van der Waals surface area contributed by atoms with E-state index in [-0.39, 0.29) is 11.9 Å². The quantitative estimate of drug-likeness (QED) is 0.802. The molecule has 0 radical (unpaired) electrons. The van der Waals surface area contributed by atoms with E-state index in [1.54, 1.807) is 11.8 Å². The van der Waals surface area contributed by atoms with Gasteiger partial charge in [0.2, 0.25) is 5.91 Å². The second-order valence-electron chi connectivity index (χ2n) is 6.60. The van der Waals surface area contributed by atoms with Crippen LogP contribution in [0.25, 0.3) is 0 Å². The minimum atomic E-state index is -0.426. The maximum absolute atomic E-state index is 12.8. The van der Waals surface area contributed by atoms with Crippen LogP contribution in [0.5, 0.6) is 0 Å². The largest absolute Gasteiger partial charge is 0.464 e. The Morgan fingerprint density at radius 3 is 2.65 bits per heavy atom. The van der Waals surface area contributed by atoms with E-state index in [9.17, 15) is 9.59 Å². The highest BCUT2D eigenvalue weighted by Crippen LogP contribution is 2.24. The summed E-state index contributed by atoms with van der Waals surface area (Å²) in [4.78, 5) is 26.7. The number of carbonyl (C=O) groups is 2. The van der Waals surface area contributed by atoms with Crippen molar-refractivity contribution >= 4 is 11.9 Å². The van der Waals surface area contributed by atoms with Gasteiger partial charge in [0.05, 0.1) is 13.0 Å². The third-order valence-electron chi connectivity index (χ3n) is 4.54. The van der Waals surface area contributed by atoms with Crippen molar-refractivity contribution in [2.24, 2.45) is 5.92 Å². The van der Waals surface area contributed by atoms with Gasteiger partial charge in [0.25, 0.3) is 0 Å². The molecule has 23 heavy (non-hydrogen) atoms. The van der Waals surface area contributed by atoms with Gasteiger partial charge in [-0.05, 0) is 50.7 Å². The molecular formula is C19H27NO3. The molecule has 1 saturated heterocycles. The van der Waals surface area contributed by atoms with E-state index in [2.05, 4.69) is 13.0 Å². The Bertz CT molecular complexity index is 582. The van der Waals surface area contributed by atoms with Crippen LogP contribution >= 0.6 is 0 Å². The first-order valence-corrected chi connectivity index (χ1v) is 8.44. The lowest BCUT2D eigenvalue weighted by molar-refractivity contribution is -0.157. The molecule has 0 spiro atoms. The molecule has 1 aliphatic rings. The molecule has 1 aromatic carbocycles. The smallest absolute Gasteiger partial charge is 0.328 e. The van der Waals surface area contributed by atoms with E-state index in [1.165, 1.54) is 5.56 Å². The molecule has 0 aliphatic carbocycles. The van der Waals surface area contributed by atoms with Crippen molar-refractivity contribution in [3.8, 4) is 0 Å². The Hall–Kier alpha value is -1.84. The van der Waals surface area contributed by atoms with E-state index < -0.39 is 6.04 Å². The highest BCUT2D eigenvalue weighted by molar-refractivity contribution is 5.86. The van der Waals surface area contributed by atoms with Gasteiger partial charge in [-0.2, -0.15) is 0 Å². The van der Waals surface area contributed by atoms with Gasteiger partial charge in [0, 0.05) is 6.54 Å². The van der Waals surface area contributed by atoms with Crippen molar-refractivity contribution in [3.05, 3.63) is 34.9 Å². The van der Waals surface area contributed by atoms with E-state index in [0.717, 1.165) is 17.5 Å². The number of nitrogens with zero attached hydrogens (tertiary/aromatic N) is 1. The van der Waals surface area contributed by atoms with Crippen molar-refractivity contribution in [1.29, 1.82) is 0 Å². The van der Waals surface area contributed by atoms with Crippen molar-refractivity contribution in [3.63, 3.8) is 0 Å². The Labute approximate surface area is 138 Å². The monoisotopic (exact) mass is 317 g/mol. The minimum absolute atomic E-state index is 0.0153. The molecule has 4 nitrogen and oxygen atoms in total. The number of aryl methyl sites for hydroxylation is 2. The predicted octanol–water partition coefficient (Wildman–Crippen LogP) is 3.04. The Kier molecular flexibility index (Phi) is 5.80. The second-order valence-corrected chi connectivity index (χ2v) is 6.60. The van der Waals surface area contributed by atoms with E-state index >= 15 is 0 Å². The number of carbonyl (C=O) groups excluding carboxylic acids is 2. The molecule has 1 heterocycles. The number of benzene rings is 1. The van der Waals surface area contributed by atoms with E-state index in [0.29, 0.717) is 31.9 Å². The van der Waals surface area contributed by atoms with Gasteiger partial charge in [0.1, 0.15) is 6.04 Å². The first-order valence-electron chi connectivity index (χ1n) is 8.44. The summed E-state index contributed by atoms with van der Waals surface area (Å²) >= 11 is 0. The number of amides is 1. The van der Waals surface area contributed by atoms with Gasteiger partial charge in [-0.1, -0.05) is 30.7 Å². The third kappa shape index (κ3) is 4.34. The number of piperidine rings is 1. The van der Waals surface area contributed by atoms with Crippen LogP contribution in [0.2, 0.25) is 0 Å². The van der Waals surface area contributed by atoms with Crippen molar-refractivity contribution in [2.75, 3.05) is 13.2 Å². The number of esters is 1. The molecule has 126 valence electrons. The van der Waals surface area contributed by atoms with Gasteiger partial charge in [-0.25, -0.2) is 4.79 Å².